The zero-order valence-corrected chi connectivity index (χ0v) is 14.9. The number of imidazole rings is 1. The molecule has 1 aliphatic rings. The lowest BCUT2D eigenvalue weighted by Gasteiger charge is -2.36. The van der Waals surface area contributed by atoms with Crippen LogP contribution in [-0.2, 0) is 7.05 Å². The van der Waals surface area contributed by atoms with Gasteiger partial charge in [-0.3, -0.25) is 4.90 Å². The molecule has 1 aromatic heterocycles. The molecule has 0 spiro atoms. The maximum atomic E-state index is 9.78. The van der Waals surface area contributed by atoms with Crippen molar-refractivity contribution < 1.29 is 0 Å². The quantitative estimate of drug-likeness (QED) is 0.856. The van der Waals surface area contributed by atoms with Crippen LogP contribution in [0.25, 0.3) is 11.4 Å². The molecule has 1 atom stereocenters. The van der Waals surface area contributed by atoms with Gasteiger partial charge in [-0.25, -0.2) is 4.98 Å². The van der Waals surface area contributed by atoms with E-state index in [1.807, 2.05) is 41.9 Å². The fourth-order valence-electron chi connectivity index (χ4n) is 3.27. The number of aromatic nitrogens is 2. The van der Waals surface area contributed by atoms with Gasteiger partial charge < -0.3 is 9.47 Å². The van der Waals surface area contributed by atoms with Crippen molar-refractivity contribution in [1.29, 1.82) is 5.26 Å². The Morgan fingerprint density at radius 3 is 2.46 bits per heavy atom. The van der Waals surface area contributed by atoms with E-state index in [9.17, 15) is 5.26 Å². The molecular formula is C18H22ClN5. The molecule has 6 heteroatoms. The lowest BCUT2D eigenvalue weighted by atomic mass is 10.1. The monoisotopic (exact) mass is 343 g/mol. The highest BCUT2D eigenvalue weighted by Gasteiger charge is 2.30. The van der Waals surface area contributed by atoms with E-state index in [2.05, 4.69) is 27.8 Å². The van der Waals surface area contributed by atoms with Gasteiger partial charge in [0, 0.05) is 38.8 Å². The molecule has 1 aromatic carbocycles. The predicted octanol–water partition coefficient (Wildman–Crippen LogP) is 2.94. The third-order valence-corrected chi connectivity index (χ3v) is 5.01. The molecule has 0 N–H and O–H groups in total. The van der Waals surface area contributed by atoms with Gasteiger partial charge in [-0.05, 0) is 6.54 Å². The van der Waals surface area contributed by atoms with E-state index in [1.54, 1.807) is 0 Å². The van der Waals surface area contributed by atoms with E-state index in [1.165, 1.54) is 0 Å². The maximum absolute atomic E-state index is 9.78. The average Bonchev–Trinajstić information content (AvgIpc) is 2.92. The number of piperazine rings is 1. The number of benzene rings is 1. The largest absolute Gasteiger partial charge is 0.327 e. The van der Waals surface area contributed by atoms with E-state index in [0.29, 0.717) is 5.15 Å². The van der Waals surface area contributed by atoms with Gasteiger partial charge in [0.15, 0.2) is 5.15 Å². The first-order valence-corrected chi connectivity index (χ1v) is 8.67. The number of rotatable bonds is 4. The van der Waals surface area contributed by atoms with E-state index in [0.717, 1.165) is 49.8 Å². The highest BCUT2D eigenvalue weighted by molar-refractivity contribution is 6.30. The molecule has 0 amide bonds. The van der Waals surface area contributed by atoms with Gasteiger partial charge in [-0.2, -0.15) is 5.26 Å². The minimum Gasteiger partial charge on any atom is -0.327 e. The molecule has 0 aliphatic carbocycles. The van der Waals surface area contributed by atoms with Crippen LogP contribution >= 0.6 is 11.6 Å². The van der Waals surface area contributed by atoms with Crippen LogP contribution < -0.4 is 0 Å². The third-order valence-electron chi connectivity index (χ3n) is 4.73. The summed E-state index contributed by atoms with van der Waals surface area (Å²) in [7, 11) is 1.93. The molecule has 1 unspecified atom stereocenters. The minimum absolute atomic E-state index is 0.369. The van der Waals surface area contributed by atoms with Crippen LogP contribution in [0.3, 0.4) is 0 Å². The van der Waals surface area contributed by atoms with Gasteiger partial charge >= 0.3 is 0 Å². The Bertz CT molecular complexity index is 726. The summed E-state index contributed by atoms with van der Waals surface area (Å²) in [6.07, 6.45) is 0. The standard InChI is InChI=1S/C18H22ClN5/c1-3-23-9-11-24(12-10-23)15(13-20)16-17(19)21-18(22(16)2)14-7-5-4-6-8-14/h4-8,15H,3,9-12H2,1-2H3. The predicted molar refractivity (Wildman–Crippen MR) is 95.7 cm³/mol. The van der Waals surface area contributed by atoms with Crippen LogP contribution in [0.1, 0.15) is 18.7 Å². The Balaban J connectivity index is 1.91. The first-order chi connectivity index (χ1) is 11.7. The molecule has 5 nitrogen and oxygen atoms in total. The molecule has 1 fully saturated rings. The van der Waals surface area contributed by atoms with Crippen LogP contribution in [0.5, 0.6) is 0 Å². The normalized spacial score (nSPS) is 17.6. The van der Waals surface area contributed by atoms with Crippen molar-refractivity contribution in [2.45, 2.75) is 13.0 Å². The highest BCUT2D eigenvalue weighted by Crippen LogP contribution is 2.31. The fraction of sp³-hybridized carbons (Fsp3) is 0.444. The Kier molecular flexibility index (Phi) is 5.20. The van der Waals surface area contributed by atoms with Crippen molar-refractivity contribution in [2.24, 2.45) is 7.05 Å². The van der Waals surface area contributed by atoms with Crippen LogP contribution in [0, 0.1) is 11.3 Å². The lowest BCUT2D eigenvalue weighted by Crippen LogP contribution is -2.47. The van der Waals surface area contributed by atoms with Crippen LogP contribution in [0.2, 0.25) is 5.15 Å². The summed E-state index contributed by atoms with van der Waals surface area (Å²) in [5.41, 5.74) is 1.78. The molecule has 0 saturated carbocycles. The van der Waals surface area contributed by atoms with Gasteiger partial charge in [-0.15, -0.1) is 0 Å². The average molecular weight is 344 g/mol. The van der Waals surface area contributed by atoms with Gasteiger partial charge in [0.25, 0.3) is 0 Å². The van der Waals surface area contributed by atoms with E-state index in [4.69, 9.17) is 11.6 Å². The molecule has 2 aromatic rings. The van der Waals surface area contributed by atoms with Crippen LogP contribution in [0.15, 0.2) is 30.3 Å². The van der Waals surface area contributed by atoms with Crippen molar-refractivity contribution in [3.05, 3.63) is 41.2 Å². The van der Waals surface area contributed by atoms with Gasteiger partial charge in [0.05, 0.1) is 11.8 Å². The topological polar surface area (TPSA) is 48.1 Å². The highest BCUT2D eigenvalue weighted by atomic mass is 35.5. The molecule has 0 bridgehead atoms. The molecule has 126 valence electrons. The molecule has 1 aliphatic heterocycles. The van der Waals surface area contributed by atoms with Crippen molar-refractivity contribution >= 4 is 11.6 Å². The van der Waals surface area contributed by atoms with Crippen molar-refractivity contribution in [2.75, 3.05) is 32.7 Å². The summed E-state index contributed by atoms with van der Waals surface area (Å²) in [5.74, 6) is 0.794. The summed E-state index contributed by atoms with van der Waals surface area (Å²) in [4.78, 5) is 9.11. The van der Waals surface area contributed by atoms with Crippen LogP contribution in [0.4, 0.5) is 0 Å². The summed E-state index contributed by atoms with van der Waals surface area (Å²) in [6, 6.07) is 12.0. The SMILES string of the molecule is CCN1CCN(C(C#N)c2c(Cl)nc(-c3ccccc3)n2C)CC1. The van der Waals surface area contributed by atoms with Gasteiger partial charge in [0.2, 0.25) is 0 Å². The number of nitrogens with zero attached hydrogens (tertiary/aromatic N) is 5. The zero-order valence-electron chi connectivity index (χ0n) is 14.1. The fourth-order valence-corrected chi connectivity index (χ4v) is 3.58. The van der Waals surface area contributed by atoms with Crippen LogP contribution in [-0.4, -0.2) is 52.1 Å². The Labute approximate surface area is 148 Å². The number of nitriles is 1. The van der Waals surface area contributed by atoms with E-state index >= 15 is 0 Å². The molecule has 3 rings (SSSR count). The summed E-state index contributed by atoms with van der Waals surface area (Å²) in [6.45, 7) is 6.92. The summed E-state index contributed by atoms with van der Waals surface area (Å²) < 4.78 is 1.96. The summed E-state index contributed by atoms with van der Waals surface area (Å²) >= 11 is 6.43. The van der Waals surface area contributed by atoms with Crippen molar-refractivity contribution in [3.63, 3.8) is 0 Å². The smallest absolute Gasteiger partial charge is 0.153 e. The molecule has 24 heavy (non-hydrogen) atoms. The summed E-state index contributed by atoms with van der Waals surface area (Å²) in [5, 5.41) is 10.2. The lowest BCUT2D eigenvalue weighted by molar-refractivity contribution is 0.116. The van der Waals surface area contributed by atoms with E-state index < -0.39 is 0 Å². The number of hydrogen-bond acceptors (Lipinski definition) is 4. The van der Waals surface area contributed by atoms with Crippen molar-refractivity contribution in [1.82, 2.24) is 19.4 Å². The van der Waals surface area contributed by atoms with Gasteiger partial charge in [0.1, 0.15) is 11.9 Å². The second-order valence-electron chi connectivity index (χ2n) is 6.04. The zero-order chi connectivity index (χ0) is 17.1. The van der Waals surface area contributed by atoms with Gasteiger partial charge in [-0.1, -0.05) is 48.9 Å². The Morgan fingerprint density at radius 1 is 1.21 bits per heavy atom. The molecular weight excluding hydrogens is 322 g/mol. The number of hydrogen-bond donors (Lipinski definition) is 0. The Morgan fingerprint density at radius 2 is 1.88 bits per heavy atom. The maximum Gasteiger partial charge on any atom is 0.153 e. The first kappa shape index (κ1) is 17.0. The minimum atomic E-state index is -0.369. The molecule has 1 saturated heterocycles. The van der Waals surface area contributed by atoms with Crippen molar-refractivity contribution in [3.8, 4) is 17.5 Å². The number of likely N-dealkylation sites (N-methyl/N-ethyl adjacent to an activating group) is 1. The molecule has 2 heterocycles. The first-order valence-electron chi connectivity index (χ1n) is 8.29. The third kappa shape index (κ3) is 3.18. The molecule has 0 radical (unpaired) electrons. The van der Waals surface area contributed by atoms with E-state index in [-0.39, 0.29) is 6.04 Å². The second-order valence-corrected chi connectivity index (χ2v) is 6.40. The second kappa shape index (κ2) is 7.35. The number of halogens is 1. The Hall–Kier alpha value is -1.87.